The van der Waals surface area contributed by atoms with E-state index in [4.69, 9.17) is 25.8 Å². The summed E-state index contributed by atoms with van der Waals surface area (Å²) in [5.74, 6) is 5.10. The Morgan fingerprint density at radius 1 is 0.930 bits per heavy atom. The van der Waals surface area contributed by atoms with Crippen molar-refractivity contribution in [2.24, 2.45) is 52.3 Å². The van der Waals surface area contributed by atoms with E-state index in [1.807, 2.05) is 0 Å². The van der Waals surface area contributed by atoms with Gasteiger partial charge in [-0.3, -0.25) is 0 Å². The van der Waals surface area contributed by atoms with Crippen LogP contribution in [0.2, 0.25) is 0 Å². The fourth-order valence-electron chi connectivity index (χ4n) is 11.8. The largest absolute Gasteiger partial charge is 0.394 e. The van der Waals surface area contributed by atoms with Crippen molar-refractivity contribution in [2.75, 3.05) is 6.61 Å². The van der Waals surface area contributed by atoms with Gasteiger partial charge >= 0.3 is 0 Å². The van der Waals surface area contributed by atoms with E-state index in [9.17, 15) is 20.4 Å². The Morgan fingerprint density at radius 2 is 1.67 bits per heavy atom. The van der Waals surface area contributed by atoms with Gasteiger partial charge in [-0.2, -0.15) is 0 Å². The summed E-state index contributed by atoms with van der Waals surface area (Å²) in [6.07, 6.45) is 5.00. The second kappa shape index (κ2) is 11.9. The summed E-state index contributed by atoms with van der Waals surface area (Å²) in [6.45, 7) is 14.2. The molecule has 2 heterocycles. The molecule has 0 aromatic heterocycles. The molecule has 4 aliphatic carbocycles. The molecule has 4 N–H and O–H groups in total. The second-order valence-corrected chi connectivity index (χ2v) is 17.0. The van der Waals surface area contributed by atoms with Gasteiger partial charge in [0.1, 0.15) is 36.1 Å². The minimum Gasteiger partial charge on any atom is -0.394 e. The lowest BCUT2D eigenvalue weighted by Gasteiger charge is -2.61. The zero-order chi connectivity index (χ0) is 31.1. The van der Waals surface area contributed by atoms with Crippen LogP contribution in [0.3, 0.4) is 0 Å². The standard InChI is InChI=1S/C35H59ClO7/c1-7-20(18(2)3)9-8-19(4)22-10-11-23-21-16-27(36)35-31(43-35)25(13-15-34(35,6)24(21)12-14-33(22,23)5)41-32-30(40)29(39)28(38)26(17-37)42-32/h18-32,37-40H,7-17H2,1-6H3/t19-,20-,21+,22-,23+,24+,25?,26-,27?,28-,29+,30-,31?,32-,33-,34-,35?/m1/s1. The lowest BCUT2D eigenvalue weighted by molar-refractivity contribution is -0.314. The van der Waals surface area contributed by atoms with E-state index in [0.717, 1.165) is 48.9 Å². The van der Waals surface area contributed by atoms with Gasteiger partial charge in [0.05, 0.1) is 18.1 Å². The molecule has 0 radical (unpaired) electrons. The first-order chi connectivity index (χ1) is 20.3. The number of aliphatic hydroxyl groups is 4. The zero-order valence-corrected chi connectivity index (χ0v) is 28.1. The van der Waals surface area contributed by atoms with Crippen LogP contribution in [0.25, 0.3) is 0 Å². The third kappa shape index (κ3) is 5.00. The number of ether oxygens (including phenoxy) is 3. The molecule has 43 heavy (non-hydrogen) atoms. The molecule has 6 aliphatic rings. The summed E-state index contributed by atoms with van der Waals surface area (Å²) in [5.41, 5.74) is -0.0818. The average Bonchev–Trinajstić information content (AvgIpc) is 3.65. The fourth-order valence-corrected chi connectivity index (χ4v) is 12.5. The highest BCUT2D eigenvalue weighted by Gasteiger charge is 2.80. The van der Waals surface area contributed by atoms with Crippen molar-refractivity contribution in [2.45, 2.75) is 160 Å². The number of alkyl halides is 1. The Kier molecular flexibility index (Phi) is 9.12. The van der Waals surface area contributed by atoms with Crippen molar-refractivity contribution in [3.63, 3.8) is 0 Å². The third-order valence-corrected chi connectivity index (χ3v) is 14.9. The molecule has 7 nitrogen and oxygen atoms in total. The van der Waals surface area contributed by atoms with Crippen molar-refractivity contribution in [3.8, 4) is 0 Å². The van der Waals surface area contributed by atoms with E-state index in [1.54, 1.807) is 0 Å². The first-order valence-electron chi connectivity index (χ1n) is 17.6. The Labute approximate surface area is 264 Å². The predicted octanol–water partition coefficient (Wildman–Crippen LogP) is 5.28. The topological polar surface area (TPSA) is 112 Å². The number of hydrogen-bond acceptors (Lipinski definition) is 7. The highest BCUT2D eigenvalue weighted by molar-refractivity contribution is 6.22. The Bertz CT molecular complexity index is 995. The molecule has 6 fully saturated rings. The zero-order valence-electron chi connectivity index (χ0n) is 27.3. The van der Waals surface area contributed by atoms with Gasteiger partial charge in [0.2, 0.25) is 0 Å². The van der Waals surface area contributed by atoms with Gasteiger partial charge in [0.25, 0.3) is 0 Å². The maximum Gasteiger partial charge on any atom is 0.187 e. The highest BCUT2D eigenvalue weighted by atomic mass is 35.5. The van der Waals surface area contributed by atoms with Crippen molar-refractivity contribution in [1.29, 1.82) is 0 Å². The Balaban J connectivity index is 1.14. The molecule has 17 atom stereocenters. The first kappa shape index (κ1) is 32.9. The lowest BCUT2D eigenvalue weighted by atomic mass is 9.44. The molecule has 6 rings (SSSR count). The maximum atomic E-state index is 10.6. The first-order valence-corrected chi connectivity index (χ1v) is 18.1. The van der Waals surface area contributed by atoms with Crippen LogP contribution >= 0.6 is 11.6 Å². The number of halogens is 1. The molecule has 2 aliphatic heterocycles. The van der Waals surface area contributed by atoms with Gasteiger partial charge < -0.3 is 34.6 Å². The van der Waals surface area contributed by atoms with Crippen LogP contribution in [0.15, 0.2) is 0 Å². The summed E-state index contributed by atoms with van der Waals surface area (Å²) in [5, 5.41) is 40.6. The van der Waals surface area contributed by atoms with Crippen LogP contribution in [0.4, 0.5) is 0 Å². The highest BCUT2D eigenvalue weighted by Crippen LogP contribution is 2.74. The van der Waals surface area contributed by atoms with Gasteiger partial charge in [-0.15, -0.1) is 11.6 Å². The van der Waals surface area contributed by atoms with Crippen LogP contribution in [0.1, 0.15) is 106 Å². The van der Waals surface area contributed by atoms with E-state index in [-0.39, 0.29) is 23.0 Å². The fraction of sp³-hybridized carbons (Fsp3) is 1.00. The minimum absolute atomic E-state index is 0.0289. The smallest absolute Gasteiger partial charge is 0.187 e. The molecular formula is C35H59ClO7. The van der Waals surface area contributed by atoms with Gasteiger partial charge in [0, 0.05) is 5.41 Å². The third-order valence-electron chi connectivity index (χ3n) is 14.4. The number of fused-ring (bicyclic) bond motifs is 4. The summed E-state index contributed by atoms with van der Waals surface area (Å²) < 4.78 is 18.6. The molecule has 1 spiro atoms. The van der Waals surface area contributed by atoms with Crippen molar-refractivity contribution < 1.29 is 34.6 Å². The molecule has 248 valence electrons. The van der Waals surface area contributed by atoms with Gasteiger partial charge in [-0.25, -0.2) is 0 Å². The molecule has 8 heteroatoms. The monoisotopic (exact) mass is 626 g/mol. The van der Waals surface area contributed by atoms with E-state index < -0.39 is 42.9 Å². The lowest BCUT2D eigenvalue weighted by Crippen LogP contribution is -2.64. The summed E-state index contributed by atoms with van der Waals surface area (Å²) in [7, 11) is 0. The molecule has 0 aromatic rings. The Morgan fingerprint density at radius 3 is 2.35 bits per heavy atom. The van der Waals surface area contributed by atoms with Gasteiger partial charge in [-0.1, -0.05) is 54.4 Å². The van der Waals surface area contributed by atoms with Crippen LogP contribution in [-0.2, 0) is 14.2 Å². The quantitative estimate of drug-likeness (QED) is 0.157. The number of aliphatic hydroxyl groups excluding tert-OH is 4. The van der Waals surface area contributed by atoms with E-state index >= 15 is 0 Å². The summed E-state index contributed by atoms with van der Waals surface area (Å²) in [4.78, 5) is 0. The molecule has 0 bridgehead atoms. The van der Waals surface area contributed by atoms with Crippen molar-refractivity contribution in [3.05, 3.63) is 0 Å². The van der Waals surface area contributed by atoms with Crippen molar-refractivity contribution in [1.82, 2.24) is 0 Å². The Hall–Kier alpha value is 0.01000. The molecule has 4 unspecified atom stereocenters. The second-order valence-electron chi connectivity index (χ2n) is 16.4. The van der Waals surface area contributed by atoms with Crippen LogP contribution in [-0.4, -0.2) is 80.9 Å². The van der Waals surface area contributed by atoms with Crippen LogP contribution in [0, 0.1) is 52.3 Å². The van der Waals surface area contributed by atoms with Gasteiger partial charge in [-0.05, 0) is 98.2 Å². The number of rotatable bonds is 9. The molecule has 4 saturated carbocycles. The molecule has 2 saturated heterocycles. The van der Waals surface area contributed by atoms with E-state index in [0.29, 0.717) is 17.3 Å². The van der Waals surface area contributed by atoms with E-state index in [2.05, 4.69) is 41.5 Å². The average molecular weight is 627 g/mol. The summed E-state index contributed by atoms with van der Waals surface area (Å²) in [6, 6.07) is 0. The van der Waals surface area contributed by atoms with Crippen molar-refractivity contribution >= 4 is 11.6 Å². The van der Waals surface area contributed by atoms with Crippen LogP contribution < -0.4 is 0 Å². The van der Waals surface area contributed by atoms with Crippen LogP contribution in [0.5, 0.6) is 0 Å². The SMILES string of the molecule is CC[C@H](CC[C@@H](C)[C@H]1CC[C@H]2[C@@H]3CC(Cl)C45OC4C(O[C@@H]4O[C@H](CO)[C@@H](O)[C@H](O)[C@H]4O)CC[C@]5(C)[C@H]3CC[C@]12C)C(C)C. The molecule has 0 aromatic carbocycles. The number of epoxide rings is 1. The van der Waals surface area contributed by atoms with E-state index in [1.165, 1.54) is 44.9 Å². The van der Waals surface area contributed by atoms with Gasteiger partial charge in [0.15, 0.2) is 6.29 Å². The normalized spacial score (nSPS) is 53.9. The predicted molar refractivity (Wildman–Crippen MR) is 165 cm³/mol. The summed E-state index contributed by atoms with van der Waals surface area (Å²) >= 11 is 7.40. The molecule has 0 amide bonds. The molecular weight excluding hydrogens is 568 g/mol. The maximum absolute atomic E-state index is 10.6. The number of hydrogen-bond donors (Lipinski definition) is 4. The minimum atomic E-state index is -1.45.